The number of benzene rings is 1. The van der Waals surface area contributed by atoms with Gasteiger partial charge >= 0.3 is 0 Å². The number of hydrogen-bond acceptors (Lipinski definition) is 6. The summed E-state index contributed by atoms with van der Waals surface area (Å²) in [6, 6.07) is 1.56. The molecule has 1 saturated heterocycles. The van der Waals surface area contributed by atoms with E-state index in [-0.39, 0.29) is 17.0 Å². The Labute approximate surface area is 198 Å². The summed E-state index contributed by atoms with van der Waals surface area (Å²) in [7, 11) is 1.53. The van der Waals surface area contributed by atoms with Crippen LogP contribution in [0.4, 0.5) is 10.1 Å². The third-order valence-electron chi connectivity index (χ3n) is 7.03. The summed E-state index contributed by atoms with van der Waals surface area (Å²) >= 11 is 1.12. The molecule has 1 aliphatic heterocycles. The second-order valence-electron chi connectivity index (χ2n) is 9.52. The predicted octanol–water partition coefficient (Wildman–Crippen LogP) is 3.76. The fourth-order valence-electron chi connectivity index (χ4n) is 5.13. The van der Waals surface area contributed by atoms with Gasteiger partial charge in [0.05, 0.1) is 18.0 Å². The maximum absolute atomic E-state index is 15.6. The van der Waals surface area contributed by atoms with Crippen LogP contribution in [0, 0.1) is 18.7 Å². The summed E-state index contributed by atoms with van der Waals surface area (Å²) in [5.41, 5.74) is 1.21. The van der Waals surface area contributed by atoms with Crippen LogP contribution in [0.2, 0.25) is 0 Å². The van der Waals surface area contributed by atoms with E-state index < -0.39 is 5.82 Å². The second kappa shape index (κ2) is 9.18. The van der Waals surface area contributed by atoms with Gasteiger partial charge in [0.15, 0.2) is 17.0 Å². The summed E-state index contributed by atoms with van der Waals surface area (Å²) in [5, 5.41) is 4.53. The zero-order valence-electron chi connectivity index (χ0n) is 20.0. The van der Waals surface area contributed by atoms with Crippen molar-refractivity contribution >= 4 is 34.9 Å². The van der Waals surface area contributed by atoms with E-state index in [1.807, 2.05) is 0 Å². The molecule has 0 unspecified atom stereocenters. The molecule has 1 aliphatic carbocycles. The number of fused-ring (bicyclic) bond motifs is 1. The van der Waals surface area contributed by atoms with E-state index in [1.165, 1.54) is 13.2 Å². The molecule has 0 spiro atoms. The zero-order chi connectivity index (χ0) is 23.9. The van der Waals surface area contributed by atoms with Crippen LogP contribution in [-0.4, -0.2) is 43.3 Å². The normalized spacial score (nSPS) is 18.7. The zero-order valence-corrected chi connectivity index (χ0v) is 20.8. The molecule has 0 radical (unpaired) electrons. The number of carbonyl (C=O) groups excluding carboxylic acids is 1. The summed E-state index contributed by atoms with van der Waals surface area (Å²) in [5.74, 6) is 0.305. The number of ether oxygens (including phenoxy) is 1. The molecule has 1 aromatic heterocycles. The van der Waals surface area contributed by atoms with Crippen LogP contribution in [0.1, 0.15) is 51.6 Å². The first-order valence-electron chi connectivity index (χ1n) is 11.6. The smallest absolute Gasteiger partial charge is 0.217 e. The lowest BCUT2D eigenvalue weighted by molar-refractivity contribution is -0.107. The summed E-state index contributed by atoms with van der Waals surface area (Å²) in [6.45, 7) is 10.5. The second-order valence-corrected chi connectivity index (χ2v) is 10.3. The Morgan fingerprint density at radius 1 is 1.33 bits per heavy atom. The van der Waals surface area contributed by atoms with Crippen molar-refractivity contribution in [2.75, 3.05) is 31.6 Å². The number of anilines is 1. The molecule has 4 rings (SSSR count). The maximum Gasteiger partial charge on any atom is 0.217 e. The average Bonchev–Trinajstić information content (AvgIpc) is 3.49. The third-order valence-corrected chi connectivity index (χ3v) is 7.94. The van der Waals surface area contributed by atoms with Crippen LogP contribution in [-0.2, 0) is 4.79 Å². The van der Waals surface area contributed by atoms with Crippen LogP contribution in [0.3, 0.4) is 0 Å². The van der Waals surface area contributed by atoms with Gasteiger partial charge in [0, 0.05) is 42.2 Å². The van der Waals surface area contributed by atoms with Crippen molar-refractivity contribution in [3.63, 3.8) is 0 Å². The van der Waals surface area contributed by atoms with Crippen molar-refractivity contribution in [2.24, 2.45) is 5.92 Å². The van der Waals surface area contributed by atoms with Gasteiger partial charge in [-0.15, -0.1) is 0 Å². The Morgan fingerprint density at radius 2 is 2.06 bits per heavy atom. The molecular weight excluding hydrogens is 443 g/mol. The van der Waals surface area contributed by atoms with Gasteiger partial charge < -0.3 is 19.5 Å². The Kier molecular flexibility index (Phi) is 6.64. The van der Waals surface area contributed by atoms with Crippen molar-refractivity contribution in [3.8, 4) is 5.75 Å². The van der Waals surface area contributed by atoms with Crippen molar-refractivity contribution in [3.05, 3.63) is 27.7 Å². The van der Waals surface area contributed by atoms with Gasteiger partial charge in [-0.3, -0.25) is 14.3 Å². The van der Waals surface area contributed by atoms with Crippen molar-refractivity contribution in [1.29, 1.82) is 0 Å². The van der Waals surface area contributed by atoms with E-state index in [1.54, 1.807) is 6.92 Å². The lowest BCUT2D eigenvalue weighted by Crippen LogP contribution is -2.47. The minimum absolute atomic E-state index is 0.0679. The molecule has 2 aromatic rings. The highest BCUT2D eigenvalue weighted by Crippen LogP contribution is 2.47. The summed E-state index contributed by atoms with van der Waals surface area (Å²) in [6.07, 6.45) is 3.46. The first kappa shape index (κ1) is 23.9. The molecule has 1 amide bonds. The highest BCUT2D eigenvalue weighted by molar-refractivity contribution is 7.97. The molecule has 9 heteroatoms. The van der Waals surface area contributed by atoms with E-state index in [9.17, 15) is 9.59 Å². The monoisotopic (exact) mass is 476 g/mol. The number of pyridine rings is 1. The summed E-state index contributed by atoms with van der Waals surface area (Å²) in [4.78, 5) is 26.3. The Bertz CT molecular complexity index is 1130. The third kappa shape index (κ3) is 4.21. The van der Waals surface area contributed by atoms with Crippen molar-refractivity contribution in [1.82, 2.24) is 14.6 Å². The number of amides is 1. The molecule has 1 saturated carbocycles. The van der Waals surface area contributed by atoms with Gasteiger partial charge in [-0.2, -0.15) is 0 Å². The average molecular weight is 477 g/mol. The van der Waals surface area contributed by atoms with Crippen LogP contribution >= 0.6 is 11.9 Å². The van der Waals surface area contributed by atoms with E-state index in [2.05, 4.69) is 40.3 Å². The predicted molar refractivity (Wildman–Crippen MR) is 131 cm³/mol. The number of aromatic nitrogens is 1. The van der Waals surface area contributed by atoms with Crippen molar-refractivity contribution < 1.29 is 13.9 Å². The highest BCUT2D eigenvalue weighted by atomic mass is 32.2. The number of nitrogens with zero attached hydrogens (tertiary/aromatic N) is 2. The molecule has 0 bridgehead atoms. The molecule has 180 valence electrons. The molecule has 2 heterocycles. The molecule has 7 nitrogen and oxygen atoms in total. The molecule has 2 aliphatic rings. The Balaban J connectivity index is 1.90. The lowest BCUT2D eigenvalue weighted by Gasteiger charge is -2.33. The molecule has 1 atom stereocenters. The molecule has 2 fully saturated rings. The highest BCUT2D eigenvalue weighted by Gasteiger charge is 2.38. The van der Waals surface area contributed by atoms with E-state index in [0.717, 1.165) is 37.8 Å². The maximum atomic E-state index is 15.6. The van der Waals surface area contributed by atoms with Gasteiger partial charge in [-0.25, -0.2) is 4.39 Å². The quantitative estimate of drug-likeness (QED) is 0.424. The van der Waals surface area contributed by atoms with Crippen LogP contribution < -0.4 is 25.1 Å². The first-order chi connectivity index (χ1) is 15.7. The number of carbonyl (C=O) groups is 1. The minimum Gasteiger partial charge on any atom is -0.492 e. The fraction of sp³-hybridized carbons (Fsp3) is 0.583. The Hall–Kier alpha value is -2.26. The number of halogens is 1. The standard InChI is InChI=1S/C24H33FN4O3S/c1-6-26-24(3,4)15-9-10-28(12-15)20-18(25)11-17-19(22(20)32-5)29(16-7-8-16)23(33-27-13-30)14(2)21(17)31/h11,13,15-16,26H,6-10,12H2,1-5H3,(H,27,30)/t15-/m1/s1. The molecule has 1 aromatic carbocycles. The van der Waals surface area contributed by atoms with Crippen LogP contribution in [0.25, 0.3) is 10.9 Å². The number of rotatable bonds is 9. The van der Waals surface area contributed by atoms with Crippen LogP contribution in [0.15, 0.2) is 15.9 Å². The largest absolute Gasteiger partial charge is 0.492 e. The van der Waals surface area contributed by atoms with Gasteiger partial charge in [-0.05, 0) is 58.6 Å². The fourth-order valence-corrected chi connectivity index (χ4v) is 5.87. The molecule has 33 heavy (non-hydrogen) atoms. The molecule has 2 N–H and O–H groups in total. The van der Waals surface area contributed by atoms with E-state index in [4.69, 9.17) is 4.74 Å². The lowest BCUT2D eigenvalue weighted by atomic mass is 9.87. The molecular formula is C24H33FN4O3S. The number of nitrogens with one attached hydrogen (secondary N) is 2. The van der Waals surface area contributed by atoms with Gasteiger partial charge in [0.25, 0.3) is 0 Å². The van der Waals surface area contributed by atoms with Gasteiger partial charge in [0.1, 0.15) is 10.7 Å². The van der Waals surface area contributed by atoms with Gasteiger partial charge in [-0.1, -0.05) is 6.92 Å². The van der Waals surface area contributed by atoms with Crippen LogP contribution in [0.5, 0.6) is 5.75 Å². The minimum atomic E-state index is -0.438. The van der Waals surface area contributed by atoms with Crippen molar-refractivity contribution in [2.45, 2.75) is 63.6 Å². The number of hydrogen-bond donors (Lipinski definition) is 2. The topological polar surface area (TPSA) is 75.6 Å². The van der Waals surface area contributed by atoms with E-state index >= 15 is 4.39 Å². The summed E-state index contributed by atoms with van der Waals surface area (Å²) < 4.78 is 26.1. The first-order valence-corrected chi connectivity index (χ1v) is 12.4. The SMILES string of the molecule is CCNC(C)(C)[C@@H]1CCN(c2c(F)cc3c(=O)c(C)c(SNC=O)n(C4CC4)c3c2OC)C1. The van der Waals surface area contributed by atoms with Gasteiger partial charge in [0.2, 0.25) is 6.41 Å². The number of methoxy groups -OCH3 is 1. The Morgan fingerprint density at radius 3 is 2.67 bits per heavy atom. The van der Waals surface area contributed by atoms with E-state index in [0.29, 0.717) is 58.3 Å².